The van der Waals surface area contributed by atoms with Crippen LogP contribution in [0.1, 0.15) is 11.4 Å². The summed E-state index contributed by atoms with van der Waals surface area (Å²) in [5, 5.41) is 6.81. The molecule has 0 unspecified atom stereocenters. The summed E-state index contributed by atoms with van der Waals surface area (Å²) in [7, 11) is 0. The van der Waals surface area contributed by atoms with E-state index < -0.39 is 11.7 Å². The summed E-state index contributed by atoms with van der Waals surface area (Å²) in [6.07, 6.45) is 0. The molecular formula is C13H12Cl2FN3O. The maximum absolute atomic E-state index is 13.7. The Balaban J connectivity index is 2.15. The van der Waals surface area contributed by atoms with Gasteiger partial charge in [-0.1, -0.05) is 23.2 Å². The molecule has 0 bridgehead atoms. The van der Waals surface area contributed by atoms with Crippen molar-refractivity contribution in [3.05, 3.63) is 45.4 Å². The summed E-state index contributed by atoms with van der Waals surface area (Å²) in [4.78, 5) is 11.9. The summed E-state index contributed by atoms with van der Waals surface area (Å²) in [5.74, 6) is -1.09. The van der Waals surface area contributed by atoms with Gasteiger partial charge in [-0.05, 0) is 32.0 Å². The van der Waals surface area contributed by atoms with Gasteiger partial charge in [0.05, 0.1) is 16.4 Å². The molecule has 2 aromatic rings. The molecule has 0 radical (unpaired) electrons. The topological polar surface area (TPSA) is 46.9 Å². The number of aromatic nitrogens is 2. The van der Waals surface area contributed by atoms with Crippen molar-refractivity contribution in [1.29, 1.82) is 0 Å². The van der Waals surface area contributed by atoms with Gasteiger partial charge in [-0.25, -0.2) is 4.39 Å². The second-order valence-corrected chi connectivity index (χ2v) is 5.22. The fourth-order valence-electron chi connectivity index (χ4n) is 1.81. The van der Waals surface area contributed by atoms with E-state index in [1.165, 1.54) is 10.7 Å². The van der Waals surface area contributed by atoms with Crippen LogP contribution in [0, 0.1) is 19.7 Å². The van der Waals surface area contributed by atoms with Gasteiger partial charge in [0.15, 0.2) is 0 Å². The molecule has 0 aliphatic heterocycles. The lowest BCUT2D eigenvalue weighted by atomic mass is 10.3. The SMILES string of the molecule is Cc1cc(C)n(CC(=O)Nc2c(F)cc(Cl)cc2Cl)n1. The van der Waals surface area contributed by atoms with Crippen LogP contribution in [0.4, 0.5) is 10.1 Å². The molecule has 1 heterocycles. The molecule has 2 rings (SSSR count). The molecule has 106 valence electrons. The molecule has 1 aromatic heterocycles. The molecule has 0 aliphatic carbocycles. The maximum Gasteiger partial charge on any atom is 0.246 e. The van der Waals surface area contributed by atoms with Gasteiger partial charge in [-0.3, -0.25) is 9.48 Å². The van der Waals surface area contributed by atoms with E-state index in [4.69, 9.17) is 23.2 Å². The number of hydrogen-bond donors (Lipinski definition) is 1. The van der Waals surface area contributed by atoms with Crippen molar-refractivity contribution in [2.75, 3.05) is 5.32 Å². The van der Waals surface area contributed by atoms with Gasteiger partial charge >= 0.3 is 0 Å². The van der Waals surface area contributed by atoms with Crippen LogP contribution in [0.5, 0.6) is 0 Å². The molecule has 0 saturated heterocycles. The predicted octanol–water partition coefficient (Wildman–Crippen LogP) is 3.58. The van der Waals surface area contributed by atoms with Gasteiger partial charge in [0.2, 0.25) is 5.91 Å². The van der Waals surface area contributed by atoms with E-state index in [2.05, 4.69) is 10.4 Å². The number of anilines is 1. The number of carbonyl (C=O) groups is 1. The van der Waals surface area contributed by atoms with Gasteiger partial charge in [-0.15, -0.1) is 0 Å². The summed E-state index contributed by atoms with van der Waals surface area (Å²) < 4.78 is 15.2. The zero-order chi connectivity index (χ0) is 14.9. The fraction of sp³-hybridized carbons (Fsp3) is 0.231. The van der Waals surface area contributed by atoms with Crippen molar-refractivity contribution in [3.8, 4) is 0 Å². The Morgan fingerprint density at radius 2 is 2.05 bits per heavy atom. The Labute approximate surface area is 125 Å². The van der Waals surface area contributed by atoms with Crippen LogP contribution in [0.2, 0.25) is 10.0 Å². The Morgan fingerprint density at radius 3 is 2.60 bits per heavy atom. The zero-order valence-corrected chi connectivity index (χ0v) is 12.4. The van der Waals surface area contributed by atoms with Crippen molar-refractivity contribution in [2.24, 2.45) is 0 Å². The predicted molar refractivity (Wildman–Crippen MR) is 76.8 cm³/mol. The molecular weight excluding hydrogens is 304 g/mol. The lowest BCUT2D eigenvalue weighted by Crippen LogP contribution is -2.21. The third-order valence-electron chi connectivity index (χ3n) is 2.67. The molecule has 0 aliphatic rings. The first-order valence-corrected chi connectivity index (χ1v) is 6.58. The quantitative estimate of drug-likeness (QED) is 0.941. The average Bonchev–Trinajstić information content (AvgIpc) is 2.62. The van der Waals surface area contributed by atoms with Gasteiger partial charge in [0, 0.05) is 10.7 Å². The second kappa shape index (κ2) is 5.81. The van der Waals surface area contributed by atoms with Crippen LogP contribution in [-0.4, -0.2) is 15.7 Å². The average molecular weight is 316 g/mol. The summed E-state index contributed by atoms with van der Waals surface area (Å²) in [6.45, 7) is 3.65. The van der Waals surface area contributed by atoms with Crippen LogP contribution >= 0.6 is 23.2 Å². The van der Waals surface area contributed by atoms with E-state index in [1.54, 1.807) is 0 Å². The summed E-state index contributed by atoms with van der Waals surface area (Å²) in [6, 6.07) is 4.31. The number of nitrogens with zero attached hydrogens (tertiary/aromatic N) is 2. The first-order valence-electron chi connectivity index (χ1n) is 5.82. The number of halogens is 3. The highest BCUT2D eigenvalue weighted by Gasteiger charge is 2.14. The number of aryl methyl sites for hydroxylation is 2. The van der Waals surface area contributed by atoms with E-state index in [0.717, 1.165) is 17.5 Å². The number of nitrogens with one attached hydrogen (secondary N) is 1. The van der Waals surface area contributed by atoms with Gasteiger partial charge in [0.25, 0.3) is 0 Å². The highest BCUT2D eigenvalue weighted by molar-refractivity contribution is 6.36. The third kappa shape index (κ3) is 3.29. The zero-order valence-electron chi connectivity index (χ0n) is 10.9. The number of amides is 1. The van der Waals surface area contributed by atoms with E-state index in [9.17, 15) is 9.18 Å². The normalized spacial score (nSPS) is 10.7. The highest BCUT2D eigenvalue weighted by atomic mass is 35.5. The Morgan fingerprint density at radius 1 is 1.35 bits per heavy atom. The fourth-order valence-corrected chi connectivity index (χ4v) is 2.33. The molecule has 1 amide bonds. The molecule has 0 saturated carbocycles. The first-order chi connectivity index (χ1) is 9.36. The van der Waals surface area contributed by atoms with Gasteiger partial charge in [0.1, 0.15) is 12.4 Å². The van der Waals surface area contributed by atoms with Crippen molar-refractivity contribution < 1.29 is 9.18 Å². The molecule has 4 nitrogen and oxygen atoms in total. The number of rotatable bonds is 3. The lowest BCUT2D eigenvalue weighted by molar-refractivity contribution is -0.117. The Bertz CT molecular complexity index is 647. The van der Waals surface area contributed by atoms with Crippen molar-refractivity contribution in [1.82, 2.24) is 9.78 Å². The van der Waals surface area contributed by atoms with E-state index in [-0.39, 0.29) is 22.3 Å². The van der Waals surface area contributed by atoms with Crippen molar-refractivity contribution >= 4 is 34.8 Å². The van der Waals surface area contributed by atoms with Crippen LogP contribution < -0.4 is 5.32 Å². The van der Waals surface area contributed by atoms with Crippen LogP contribution in [0.15, 0.2) is 18.2 Å². The maximum atomic E-state index is 13.7. The second-order valence-electron chi connectivity index (χ2n) is 4.38. The van der Waals surface area contributed by atoms with Crippen molar-refractivity contribution in [3.63, 3.8) is 0 Å². The van der Waals surface area contributed by atoms with Crippen LogP contribution in [-0.2, 0) is 11.3 Å². The minimum Gasteiger partial charge on any atom is -0.321 e. The standard InChI is InChI=1S/C13H12Cl2FN3O/c1-7-3-8(2)19(18-7)6-12(20)17-13-10(15)4-9(14)5-11(13)16/h3-5H,6H2,1-2H3,(H,17,20). The minimum atomic E-state index is -0.677. The molecule has 0 atom stereocenters. The first kappa shape index (κ1) is 14.8. The third-order valence-corrected chi connectivity index (χ3v) is 3.18. The smallest absolute Gasteiger partial charge is 0.246 e. The number of hydrogen-bond acceptors (Lipinski definition) is 2. The van der Waals surface area contributed by atoms with Gasteiger partial charge in [-0.2, -0.15) is 5.10 Å². The van der Waals surface area contributed by atoms with E-state index in [1.807, 2.05) is 19.9 Å². The van der Waals surface area contributed by atoms with Crippen molar-refractivity contribution in [2.45, 2.75) is 20.4 Å². The van der Waals surface area contributed by atoms with E-state index in [0.29, 0.717) is 0 Å². The van der Waals surface area contributed by atoms with Gasteiger partial charge < -0.3 is 5.32 Å². The summed E-state index contributed by atoms with van der Waals surface area (Å²) in [5.41, 5.74) is 1.58. The molecule has 7 heteroatoms. The minimum absolute atomic E-state index is 0.0158. The molecule has 20 heavy (non-hydrogen) atoms. The number of carbonyl (C=O) groups excluding carboxylic acids is 1. The van der Waals surface area contributed by atoms with Crippen LogP contribution in [0.25, 0.3) is 0 Å². The Kier molecular flexibility index (Phi) is 4.30. The Hall–Kier alpha value is -1.59. The summed E-state index contributed by atoms with van der Waals surface area (Å²) >= 11 is 11.5. The molecule has 1 aromatic carbocycles. The molecule has 1 N–H and O–H groups in total. The molecule has 0 spiro atoms. The van der Waals surface area contributed by atoms with E-state index >= 15 is 0 Å². The van der Waals surface area contributed by atoms with Crippen LogP contribution in [0.3, 0.4) is 0 Å². The highest BCUT2D eigenvalue weighted by Crippen LogP contribution is 2.28. The largest absolute Gasteiger partial charge is 0.321 e. The number of benzene rings is 1. The lowest BCUT2D eigenvalue weighted by Gasteiger charge is -2.09. The molecule has 0 fully saturated rings. The monoisotopic (exact) mass is 315 g/mol.